The average molecular weight is 256 g/mol. The fraction of sp³-hybridized carbons (Fsp3) is 0.857. The number of Topliss-reactive ketones (excluding diaryl/α,β-unsaturated/α-hetero) is 1. The van der Waals surface area contributed by atoms with Gasteiger partial charge >= 0.3 is 0 Å². The summed E-state index contributed by atoms with van der Waals surface area (Å²) in [5.41, 5.74) is 5.71. The van der Waals surface area contributed by atoms with Crippen LogP contribution < -0.4 is 11.1 Å². The molecule has 4 heteroatoms. The Morgan fingerprint density at radius 2 is 1.83 bits per heavy atom. The van der Waals surface area contributed by atoms with E-state index in [2.05, 4.69) is 19.2 Å². The molecule has 4 nitrogen and oxygen atoms in total. The Labute approximate surface area is 111 Å². The van der Waals surface area contributed by atoms with Gasteiger partial charge in [0.2, 0.25) is 5.91 Å². The Morgan fingerprint density at radius 3 is 2.39 bits per heavy atom. The van der Waals surface area contributed by atoms with Crippen molar-refractivity contribution in [3.8, 4) is 0 Å². The SMILES string of the molecule is CCC(=O)[C@@H](N)CCCCNC(=O)CCC(C)C. The van der Waals surface area contributed by atoms with Crippen molar-refractivity contribution in [2.24, 2.45) is 11.7 Å². The molecule has 0 saturated carbocycles. The normalized spacial score (nSPS) is 12.5. The topological polar surface area (TPSA) is 72.2 Å². The van der Waals surface area contributed by atoms with Gasteiger partial charge in [-0.1, -0.05) is 20.8 Å². The maximum absolute atomic E-state index is 11.4. The molecule has 0 rings (SSSR count). The highest BCUT2D eigenvalue weighted by Crippen LogP contribution is 2.04. The molecule has 106 valence electrons. The van der Waals surface area contributed by atoms with E-state index in [1.165, 1.54) is 0 Å². The van der Waals surface area contributed by atoms with E-state index in [9.17, 15) is 9.59 Å². The van der Waals surface area contributed by atoms with Gasteiger partial charge < -0.3 is 11.1 Å². The number of hydrogen-bond donors (Lipinski definition) is 2. The molecule has 0 aliphatic rings. The zero-order valence-electron chi connectivity index (χ0n) is 12.0. The summed E-state index contributed by atoms with van der Waals surface area (Å²) in [4.78, 5) is 22.6. The number of ketones is 1. The van der Waals surface area contributed by atoms with E-state index in [0.29, 0.717) is 31.7 Å². The minimum Gasteiger partial charge on any atom is -0.356 e. The summed E-state index contributed by atoms with van der Waals surface area (Å²) in [6, 6.07) is -0.327. The van der Waals surface area contributed by atoms with Crippen molar-refractivity contribution in [3.63, 3.8) is 0 Å². The van der Waals surface area contributed by atoms with Crippen molar-refractivity contribution in [1.82, 2.24) is 5.32 Å². The first-order valence-electron chi connectivity index (χ1n) is 7.02. The third-order valence-corrected chi connectivity index (χ3v) is 2.97. The monoisotopic (exact) mass is 256 g/mol. The first-order chi connectivity index (χ1) is 8.47. The summed E-state index contributed by atoms with van der Waals surface area (Å²) in [5.74, 6) is 0.808. The lowest BCUT2D eigenvalue weighted by Gasteiger charge is -2.09. The highest BCUT2D eigenvalue weighted by Gasteiger charge is 2.10. The summed E-state index contributed by atoms with van der Waals surface area (Å²) < 4.78 is 0. The van der Waals surface area contributed by atoms with Crippen LogP contribution in [0.3, 0.4) is 0 Å². The second-order valence-electron chi connectivity index (χ2n) is 5.20. The van der Waals surface area contributed by atoms with Crippen LogP contribution >= 0.6 is 0 Å². The summed E-state index contributed by atoms with van der Waals surface area (Å²) in [5, 5.41) is 2.89. The van der Waals surface area contributed by atoms with E-state index in [1.54, 1.807) is 0 Å². The molecular weight excluding hydrogens is 228 g/mol. The molecule has 18 heavy (non-hydrogen) atoms. The van der Waals surface area contributed by atoms with Crippen molar-refractivity contribution < 1.29 is 9.59 Å². The molecule has 1 atom stereocenters. The second-order valence-corrected chi connectivity index (χ2v) is 5.20. The Hall–Kier alpha value is -0.900. The first-order valence-corrected chi connectivity index (χ1v) is 7.02. The third-order valence-electron chi connectivity index (χ3n) is 2.97. The summed E-state index contributed by atoms with van der Waals surface area (Å²) in [7, 11) is 0. The fourth-order valence-electron chi connectivity index (χ4n) is 1.65. The van der Waals surface area contributed by atoms with E-state index in [0.717, 1.165) is 19.3 Å². The molecule has 0 unspecified atom stereocenters. The summed E-state index contributed by atoms with van der Waals surface area (Å²) in [6.45, 7) is 6.74. The van der Waals surface area contributed by atoms with Gasteiger partial charge in [-0.3, -0.25) is 9.59 Å². The first kappa shape index (κ1) is 17.1. The van der Waals surface area contributed by atoms with E-state index in [-0.39, 0.29) is 17.7 Å². The Kier molecular flexibility index (Phi) is 9.56. The zero-order valence-corrected chi connectivity index (χ0v) is 12.0. The van der Waals surface area contributed by atoms with Gasteiger partial charge in [-0.05, 0) is 31.6 Å². The molecular formula is C14H28N2O2. The van der Waals surface area contributed by atoms with E-state index in [4.69, 9.17) is 5.73 Å². The van der Waals surface area contributed by atoms with Gasteiger partial charge in [-0.2, -0.15) is 0 Å². The van der Waals surface area contributed by atoms with E-state index in [1.807, 2.05) is 6.92 Å². The van der Waals surface area contributed by atoms with Crippen LogP contribution in [0, 0.1) is 5.92 Å². The van der Waals surface area contributed by atoms with Crippen LogP contribution in [0.5, 0.6) is 0 Å². The molecule has 1 amide bonds. The van der Waals surface area contributed by atoms with Gasteiger partial charge in [0.25, 0.3) is 0 Å². The zero-order chi connectivity index (χ0) is 14.0. The predicted octanol–water partition coefficient (Wildman–Crippen LogP) is 2.02. The van der Waals surface area contributed by atoms with E-state index < -0.39 is 0 Å². The number of hydrogen-bond acceptors (Lipinski definition) is 3. The number of unbranched alkanes of at least 4 members (excludes halogenated alkanes) is 1. The van der Waals surface area contributed by atoms with Crippen LogP contribution in [0.25, 0.3) is 0 Å². The molecule has 0 radical (unpaired) electrons. The Morgan fingerprint density at radius 1 is 1.17 bits per heavy atom. The van der Waals surface area contributed by atoms with Crippen LogP contribution in [0.2, 0.25) is 0 Å². The molecule has 0 aliphatic heterocycles. The predicted molar refractivity (Wildman–Crippen MR) is 74.2 cm³/mol. The maximum atomic E-state index is 11.4. The van der Waals surface area contributed by atoms with Crippen LogP contribution in [-0.2, 0) is 9.59 Å². The average Bonchev–Trinajstić information content (AvgIpc) is 2.34. The number of rotatable bonds is 10. The molecule has 3 N–H and O–H groups in total. The third kappa shape index (κ3) is 9.16. The maximum Gasteiger partial charge on any atom is 0.220 e. The van der Waals surface area contributed by atoms with Crippen molar-refractivity contribution >= 4 is 11.7 Å². The van der Waals surface area contributed by atoms with Crippen molar-refractivity contribution in [2.75, 3.05) is 6.54 Å². The number of nitrogens with one attached hydrogen (secondary N) is 1. The lowest BCUT2D eigenvalue weighted by molar-refractivity contribution is -0.121. The molecule has 0 fully saturated rings. The minimum absolute atomic E-state index is 0.121. The highest BCUT2D eigenvalue weighted by molar-refractivity contribution is 5.83. The van der Waals surface area contributed by atoms with Gasteiger partial charge in [0.1, 0.15) is 5.78 Å². The van der Waals surface area contributed by atoms with Gasteiger partial charge in [0, 0.05) is 19.4 Å². The molecule has 0 aromatic carbocycles. The largest absolute Gasteiger partial charge is 0.356 e. The van der Waals surface area contributed by atoms with Crippen molar-refractivity contribution in [3.05, 3.63) is 0 Å². The lowest BCUT2D eigenvalue weighted by atomic mass is 10.0. The lowest BCUT2D eigenvalue weighted by Crippen LogP contribution is -2.30. The van der Waals surface area contributed by atoms with Crippen LogP contribution in [0.4, 0.5) is 0 Å². The summed E-state index contributed by atoms with van der Waals surface area (Å²) in [6.07, 6.45) is 4.53. The van der Waals surface area contributed by atoms with Crippen LogP contribution in [0.1, 0.15) is 59.3 Å². The number of carbonyl (C=O) groups is 2. The second kappa shape index (κ2) is 10.1. The van der Waals surface area contributed by atoms with Crippen LogP contribution in [-0.4, -0.2) is 24.3 Å². The molecule has 0 aromatic rings. The van der Waals surface area contributed by atoms with Gasteiger partial charge in [-0.15, -0.1) is 0 Å². The fourth-order valence-corrected chi connectivity index (χ4v) is 1.65. The number of carbonyl (C=O) groups excluding carboxylic acids is 2. The van der Waals surface area contributed by atoms with Crippen LogP contribution in [0.15, 0.2) is 0 Å². The Balaban J connectivity index is 3.45. The molecule has 0 aromatic heterocycles. The number of nitrogens with two attached hydrogens (primary N) is 1. The van der Waals surface area contributed by atoms with Gasteiger partial charge in [0.15, 0.2) is 0 Å². The molecule has 0 aliphatic carbocycles. The molecule has 0 spiro atoms. The standard InChI is InChI=1S/C14H28N2O2/c1-4-13(17)12(15)7-5-6-10-16-14(18)9-8-11(2)3/h11-12H,4-10,15H2,1-3H3,(H,16,18)/t12-/m0/s1. The van der Waals surface area contributed by atoms with Gasteiger partial charge in [-0.25, -0.2) is 0 Å². The Bertz CT molecular complexity index is 252. The van der Waals surface area contributed by atoms with Gasteiger partial charge in [0.05, 0.1) is 6.04 Å². The molecule has 0 heterocycles. The molecule has 0 saturated heterocycles. The van der Waals surface area contributed by atoms with Crippen molar-refractivity contribution in [1.29, 1.82) is 0 Å². The summed E-state index contributed by atoms with van der Waals surface area (Å²) >= 11 is 0. The number of amides is 1. The minimum atomic E-state index is -0.327. The molecule has 0 bridgehead atoms. The quantitative estimate of drug-likeness (QED) is 0.587. The van der Waals surface area contributed by atoms with Crippen molar-refractivity contribution in [2.45, 2.75) is 65.3 Å². The highest BCUT2D eigenvalue weighted by atomic mass is 16.1. The smallest absolute Gasteiger partial charge is 0.220 e. The van der Waals surface area contributed by atoms with E-state index >= 15 is 0 Å².